The molecule has 15 heavy (non-hydrogen) atoms. The van der Waals surface area contributed by atoms with Crippen molar-refractivity contribution in [3.8, 4) is 11.8 Å². The summed E-state index contributed by atoms with van der Waals surface area (Å²) in [5.74, 6) is -1.86. The van der Waals surface area contributed by atoms with Gasteiger partial charge in [-0.2, -0.15) is 5.26 Å². The van der Waals surface area contributed by atoms with Gasteiger partial charge in [0.05, 0.1) is 11.6 Å². The number of rotatable bonds is 0. The van der Waals surface area contributed by atoms with Crippen LogP contribution < -0.4 is 0 Å². The van der Waals surface area contributed by atoms with Crippen molar-refractivity contribution >= 4 is 10.8 Å². The Morgan fingerprint density at radius 1 is 1.07 bits per heavy atom. The molecule has 0 fully saturated rings. The molecule has 0 saturated carbocycles. The second-order valence-corrected chi connectivity index (χ2v) is 3.09. The largest absolute Gasteiger partial charge is 0.507 e. The van der Waals surface area contributed by atoms with E-state index in [1.807, 2.05) is 0 Å². The molecule has 4 heteroatoms. The van der Waals surface area contributed by atoms with E-state index in [1.165, 1.54) is 12.1 Å². The van der Waals surface area contributed by atoms with E-state index in [9.17, 15) is 13.9 Å². The number of phenolic OH excluding ortho intramolecular Hbond substituents is 1. The van der Waals surface area contributed by atoms with Gasteiger partial charge in [-0.05, 0) is 18.2 Å². The first kappa shape index (κ1) is 9.41. The topological polar surface area (TPSA) is 44.0 Å². The molecule has 0 aliphatic carbocycles. The number of hydrogen-bond acceptors (Lipinski definition) is 2. The Bertz CT molecular complexity index is 587. The average molecular weight is 205 g/mol. The molecule has 74 valence electrons. The molecule has 2 rings (SSSR count). The SMILES string of the molecule is N#Cc1cc(O)c2cc(F)cc(F)c2c1. The second kappa shape index (κ2) is 3.21. The normalized spacial score (nSPS) is 10.2. The lowest BCUT2D eigenvalue weighted by molar-refractivity contribution is 0.480. The van der Waals surface area contributed by atoms with Crippen LogP contribution in [0.4, 0.5) is 8.78 Å². The minimum absolute atomic E-state index is 0.0351. The third-order valence-corrected chi connectivity index (χ3v) is 2.09. The van der Waals surface area contributed by atoms with Gasteiger partial charge in [0.2, 0.25) is 0 Å². The Morgan fingerprint density at radius 2 is 1.80 bits per heavy atom. The molecule has 0 unspecified atom stereocenters. The fourth-order valence-electron chi connectivity index (χ4n) is 1.43. The number of phenols is 1. The first-order chi connectivity index (χ1) is 7.11. The van der Waals surface area contributed by atoms with Crippen LogP contribution in [0.3, 0.4) is 0 Å². The van der Waals surface area contributed by atoms with Crippen LogP contribution in [0.5, 0.6) is 5.75 Å². The van der Waals surface area contributed by atoms with Crippen molar-refractivity contribution < 1.29 is 13.9 Å². The minimum Gasteiger partial charge on any atom is -0.507 e. The zero-order chi connectivity index (χ0) is 11.0. The summed E-state index contributed by atoms with van der Waals surface area (Å²) in [6.45, 7) is 0. The van der Waals surface area contributed by atoms with Gasteiger partial charge in [-0.15, -0.1) is 0 Å². The van der Waals surface area contributed by atoms with Crippen molar-refractivity contribution in [1.29, 1.82) is 5.26 Å². The molecule has 0 bridgehead atoms. The van der Waals surface area contributed by atoms with E-state index in [1.54, 1.807) is 6.07 Å². The molecule has 0 aromatic heterocycles. The molecule has 0 atom stereocenters. The van der Waals surface area contributed by atoms with Gasteiger partial charge in [0, 0.05) is 16.8 Å². The number of nitrogens with zero attached hydrogens (tertiary/aromatic N) is 1. The maximum Gasteiger partial charge on any atom is 0.134 e. The summed E-state index contributed by atoms with van der Waals surface area (Å²) >= 11 is 0. The molecule has 1 N–H and O–H groups in total. The van der Waals surface area contributed by atoms with Crippen LogP contribution in [0.15, 0.2) is 24.3 Å². The van der Waals surface area contributed by atoms with Crippen LogP contribution in [0.1, 0.15) is 5.56 Å². The highest BCUT2D eigenvalue weighted by Crippen LogP contribution is 2.29. The number of halogens is 2. The van der Waals surface area contributed by atoms with E-state index >= 15 is 0 Å². The first-order valence-electron chi connectivity index (χ1n) is 4.13. The van der Waals surface area contributed by atoms with Crippen LogP contribution >= 0.6 is 0 Å². The highest BCUT2D eigenvalue weighted by molar-refractivity contribution is 5.89. The van der Waals surface area contributed by atoms with Crippen LogP contribution in [0, 0.1) is 23.0 Å². The summed E-state index contributed by atoms with van der Waals surface area (Å²) in [6.07, 6.45) is 0. The molecule has 0 spiro atoms. The summed E-state index contributed by atoms with van der Waals surface area (Å²) in [7, 11) is 0. The van der Waals surface area contributed by atoms with Gasteiger partial charge in [0.25, 0.3) is 0 Å². The van der Waals surface area contributed by atoms with E-state index in [0.29, 0.717) is 6.07 Å². The van der Waals surface area contributed by atoms with Gasteiger partial charge in [-0.3, -0.25) is 0 Å². The predicted molar refractivity (Wildman–Crippen MR) is 50.2 cm³/mol. The van der Waals surface area contributed by atoms with Gasteiger partial charge >= 0.3 is 0 Å². The summed E-state index contributed by atoms with van der Waals surface area (Å²) in [4.78, 5) is 0. The Morgan fingerprint density at radius 3 is 2.47 bits per heavy atom. The maximum atomic E-state index is 13.3. The van der Waals surface area contributed by atoms with Gasteiger partial charge < -0.3 is 5.11 Å². The molecule has 2 aromatic carbocycles. The van der Waals surface area contributed by atoms with Crippen molar-refractivity contribution in [1.82, 2.24) is 0 Å². The van der Waals surface area contributed by atoms with Crippen molar-refractivity contribution in [3.63, 3.8) is 0 Å². The fourth-order valence-corrected chi connectivity index (χ4v) is 1.43. The van der Waals surface area contributed by atoms with Crippen LogP contribution in [-0.4, -0.2) is 5.11 Å². The van der Waals surface area contributed by atoms with Gasteiger partial charge in [-0.1, -0.05) is 0 Å². The van der Waals surface area contributed by atoms with Crippen molar-refractivity contribution in [3.05, 3.63) is 41.5 Å². The Hall–Kier alpha value is -2.15. The molecule has 0 radical (unpaired) electrons. The highest BCUT2D eigenvalue weighted by Gasteiger charge is 2.09. The summed E-state index contributed by atoms with van der Waals surface area (Å²) < 4.78 is 26.1. The summed E-state index contributed by atoms with van der Waals surface area (Å²) in [6, 6.07) is 5.95. The Labute approximate surface area is 84.0 Å². The Balaban J connectivity index is 2.93. The van der Waals surface area contributed by atoms with E-state index in [0.717, 1.165) is 6.07 Å². The second-order valence-electron chi connectivity index (χ2n) is 3.09. The Kier molecular flexibility index (Phi) is 2.01. The van der Waals surface area contributed by atoms with Crippen molar-refractivity contribution in [2.75, 3.05) is 0 Å². The number of benzene rings is 2. The van der Waals surface area contributed by atoms with Gasteiger partial charge in [0.1, 0.15) is 17.4 Å². The molecule has 0 aliphatic heterocycles. The average Bonchev–Trinajstić information content (AvgIpc) is 2.19. The highest BCUT2D eigenvalue weighted by atomic mass is 19.1. The molecule has 0 saturated heterocycles. The lowest BCUT2D eigenvalue weighted by atomic mass is 10.1. The zero-order valence-electron chi connectivity index (χ0n) is 7.46. The third kappa shape index (κ3) is 1.48. The monoisotopic (exact) mass is 205 g/mol. The molecular weight excluding hydrogens is 200 g/mol. The van der Waals surface area contributed by atoms with Crippen LogP contribution in [-0.2, 0) is 0 Å². The van der Waals surface area contributed by atoms with Crippen LogP contribution in [0.2, 0.25) is 0 Å². The summed E-state index contributed by atoms with van der Waals surface area (Å²) in [5, 5.41) is 18.2. The van der Waals surface area contributed by atoms with E-state index in [4.69, 9.17) is 5.26 Å². The van der Waals surface area contributed by atoms with Crippen molar-refractivity contribution in [2.45, 2.75) is 0 Å². The van der Waals surface area contributed by atoms with E-state index < -0.39 is 11.6 Å². The number of fused-ring (bicyclic) bond motifs is 1. The van der Waals surface area contributed by atoms with Gasteiger partial charge in [-0.25, -0.2) is 8.78 Å². The molecular formula is C11H5F2NO. The lowest BCUT2D eigenvalue weighted by Crippen LogP contribution is -1.86. The van der Waals surface area contributed by atoms with E-state index in [2.05, 4.69) is 0 Å². The lowest BCUT2D eigenvalue weighted by Gasteiger charge is -2.03. The molecule has 0 amide bonds. The maximum absolute atomic E-state index is 13.3. The number of nitriles is 1. The molecule has 0 aliphatic rings. The minimum atomic E-state index is -0.794. The van der Waals surface area contributed by atoms with E-state index in [-0.39, 0.29) is 22.1 Å². The molecule has 2 nitrogen and oxygen atoms in total. The molecule has 2 aromatic rings. The molecule has 0 heterocycles. The first-order valence-corrected chi connectivity index (χ1v) is 4.13. The van der Waals surface area contributed by atoms with Crippen LogP contribution in [0.25, 0.3) is 10.8 Å². The van der Waals surface area contributed by atoms with Gasteiger partial charge in [0.15, 0.2) is 0 Å². The summed E-state index contributed by atoms with van der Waals surface area (Å²) in [5.41, 5.74) is 0.130. The quantitative estimate of drug-likeness (QED) is 0.718. The zero-order valence-corrected chi connectivity index (χ0v) is 7.46. The fraction of sp³-hybridized carbons (Fsp3) is 0. The third-order valence-electron chi connectivity index (χ3n) is 2.09. The number of hydrogen-bond donors (Lipinski definition) is 1. The standard InChI is InChI=1S/C11H5F2NO/c12-7-3-9-8(10(13)4-7)1-6(5-14)2-11(9)15/h1-4,15H. The van der Waals surface area contributed by atoms with Crippen molar-refractivity contribution in [2.24, 2.45) is 0 Å². The smallest absolute Gasteiger partial charge is 0.134 e. The predicted octanol–water partition coefficient (Wildman–Crippen LogP) is 2.70. The number of aromatic hydroxyl groups is 1.